The van der Waals surface area contributed by atoms with Crippen LogP contribution in [0.1, 0.15) is 58.8 Å². The zero-order valence-electron chi connectivity index (χ0n) is 13.5. The van der Waals surface area contributed by atoms with Crippen LogP contribution >= 0.6 is 0 Å². The fraction of sp³-hybridized carbons (Fsp3) is 0.941. The van der Waals surface area contributed by atoms with E-state index in [4.69, 9.17) is 0 Å². The molecule has 3 rings (SSSR count). The molecule has 0 aromatic carbocycles. The first-order valence-corrected chi connectivity index (χ1v) is 8.65. The molecule has 21 heavy (non-hydrogen) atoms. The van der Waals surface area contributed by atoms with Crippen LogP contribution in [0.2, 0.25) is 0 Å². The van der Waals surface area contributed by atoms with Crippen molar-refractivity contribution in [3.05, 3.63) is 0 Å². The number of nitrogens with zero attached hydrogens (tertiary/aromatic N) is 1. The lowest BCUT2D eigenvalue weighted by molar-refractivity contribution is -0.147. The van der Waals surface area contributed by atoms with E-state index in [0.717, 1.165) is 51.6 Å². The molecule has 2 unspecified atom stereocenters. The number of carboxylic acids is 1. The topological polar surface area (TPSA) is 52.6 Å². The van der Waals surface area contributed by atoms with Crippen LogP contribution in [0.4, 0.5) is 0 Å². The molecule has 4 nitrogen and oxygen atoms in total. The standard InChI is InChI=1S/C17H30N2O2/c1-16(2)9-11-19(12-16)10-7-13-4-3-8-17(13,15(20)21)18-14-5-6-14/h13-14,18H,3-12H2,1-2H3,(H,20,21). The Balaban J connectivity index is 1.59. The highest BCUT2D eigenvalue weighted by atomic mass is 16.4. The van der Waals surface area contributed by atoms with Crippen molar-refractivity contribution in [3.8, 4) is 0 Å². The Morgan fingerprint density at radius 2 is 2.05 bits per heavy atom. The molecule has 0 aromatic rings. The Hall–Kier alpha value is -0.610. The molecular weight excluding hydrogens is 264 g/mol. The maximum atomic E-state index is 11.9. The van der Waals surface area contributed by atoms with Gasteiger partial charge in [-0.2, -0.15) is 0 Å². The highest BCUT2D eigenvalue weighted by Gasteiger charge is 2.51. The van der Waals surface area contributed by atoms with Crippen molar-refractivity contribution in [3.63, 3.8) is 0 Å². The highest BCUT2D eigenvalue weighted by molar-refractivity contribution is 5.80. The van der Waals surface area contributed by atoms with Crippen LogP contribution in [-0.4, -0.2) is 47.2 Å². The van der Waals surface area contributed by atoms with E-state index in [1.165, 1.54) is 13.0 Å². The van der Waals surface area contributed by atoms with Gasteiger partial charge < -0.3 is 10.0 Å². The molecule has 1 heterocycles. The van der Waals surface area contributed by atoms with Gasteiger partial charge in [-0.1, -0.05) is 20.3 Å². The lowest BCUT2D eigenvalue weighted by Crippen LogP contribution is -2.56. The largest absolute Gasteiger partial charge is 0.480 e. The molecule has 0 amide bonds. The van der Waals surface area contributed by atoms with Gasteiger partial charge in [-0.25, -0.2) is 0 Å². The maximum absolute atomic E-state index is 11.9. The Morgan fingerprint density at radius 3 is 2.62 bits per heavy atom. The number of carbonyl (C=O) groups is 1. The van der Waals surface area contributed by atoms with Gasteiger partial charge in [0.2, 0.25) is 0 Å². The lowest BCUT2D eigenvalue weighted by Gasteiger charge is -2.34. The van der Waals surface area contributed by atoms with Crippen molar-refractivity contribution in [2.45, 2.75) is 70.4 Å². The average molecular weight is 294 g/mol. The minimum absolute atomic E-state index is 0.305. The molecule has 2 aliphatic carbocycles. The predicted molar refractivity (Wildman–Crippen MR) is 83.3 cm³/mol. The Bertz CT molecular complexity index is 406. The second-order valence-electron chi connectivity index (χ2n) is 8.26. The van der Waals surface area contributed by atoms with Gasteiger partial charge in [-0.3, -0.25) is 10.1 Å². The van der Waals surface area contributed by atoms with Crippen molar-refractivity contribution in [1.82, 2.24) is 10.2 Å². The van der Waals surface area contributed by atoms with Crippen molar-refractivity contribution < 1.29 is 9.90 Å². The molecule has 0 bridgehead atoms. The second-order valence-corrected chi connectivity index (χ2v) is 8.26. The molecule has 120 valence electrons. The minimum atomic E-state index is -0.629. The van der Waals surface area contributed by atoms with E-state index in [1.807, 2.05) is 0 Å². The first-order chi connectivity index (χ1) is 9.91. The summed E-state index contributed by atoms with van der Waals surface area (Å²) in [6.07, 6.45) is 7.55. The van der Waals surface area contributed by atoms with Crippen LogP contribution in [-0.2, 0) is 4.79 Å². The minimum Gasteiger partial charge on any atom is -0.480 e. The number of aliphatic carboxylic acids is 1. The fourth-order valence-corrected chi connectivity index (χ4v) is 4.35. The third-order valence-corrected chi connectivity index (χ3v) is 5.79. The van der Waals surface area contributed by atoms with Crippen molar-refractivity contribution in [1.29, 1.82) is 0 Å². The van der Waals surface area contributed by atoms with E-state index in [1.54, 1.807) is 0 Å². The van der Waals surface area contributed by atoms with E-state index in [0.29, 0.717) is 17.4 Å². The highest BCUT2D eigenvalue weighted by Crippen LogP contribution is 2.41. The molecule has 4 heteroatoms. The normalized spacial score (nSPS) is 36.2. The monoisotopic (exact) mass is 294 g/mol. The van der Waals surface area contributed by atoms with Crippen LogP contribution in [0.5, 0.6) is 0 Å². The molecule has 0 aromatic heterocycles. The van der Waals surface area contributed by atoms with Gasteiger partial charge in [0.25, 0.3) is 0 Å². The van der Waals surface area contributed by atoms with Gasteiger partial charge in [-0.05, 0) is 62.9 Å². The molecule has 3 aliphatic rings. The van der Waals surface area contributed by atoms with Crippen molar-refractivity contribution in [2.75, 3.05) is 19.6 Å². The van der Waals surface area contributed by atoms with E-state index in [2.05, 4.69) is 24.1 Å². The van der Waals surface area contributed by atoms with Crippen LogP contribution in [0.15, 0.2) is 0 Å². The Labute approximate surface area is 128 Å². The predicted octanol–water partition coefficient (Wildman–Crippen LogP) is 2.48. The summed E-state index contributed by atoms with van der Waals surface area (Å²) in [6.45, 7) is 8.07. The van der Waals surface area contributed by atoms with E-state index < -0.39 is 11.5 Å². The summed E-state index contributed by atoms with van der Waals surface area (Å²) < 4.78 is 0. The van der Waals surface area contributed by atoms with Gasteiger partial charge in [-0.15, -0.1) is 0 Å². The second kappa shape index (κ2) is 5.54. The molecule has 1 saturated heterocycles. The molecule has 2 atom stereocenters. The Kier molecular flexibility index (Phi) is 4.04. The summed E-state index contributed by atoms with van der Waals surface area (Å²) in [6, 6.07) is 0.465. The summed E-state index contributed by atoms with van der Waals surface area (Å²) in [5, 5.41) is 13.3. The zero-order valence-corrected chi connectivity index (χ0v) is 13.5. The van der Waals surface area contributed by atoms with Gasteiger partial charge in [0.05, 0.1) is 0 Å². The van der Waals surface area contributed by atoms with Crippen LogP contribution in [0, 0.1) is 11.3 Å². The molecular formula is C17H30N2O2. The first kappa shape index (κ1) is 15.3. The summed E-state index contributed by atoms with van der Waals surface area (Å²) in [4.78, 5) is 14.5. The zero-order chi connectivity index (χ0) is 15.1. The summed E-state index contributed by atoms with van der Waals surface area (Å²) in [5.41, 5.74) is -0.192. The maximum Gasteiger partial charge on any atom is 0.324 e. The van der Waals surface area contributed by atoms with Gasteiger partial charge in [0.15, 0.2) is 0 Å². The first-order valence-electron chi connectivity index (χ1n) is 8.65. The summed E-state index contributed by atoms with van der Waals surface area (Å²) in [7, 11) is 0. The van der Waals surface area contributed by atoms with Gasteiger partial charge in [0.1, 0.15) is 5.54 Å². The molecule has 0 spiro atoms. The lowest BCUT2D eigenvalue weighted by atomic mass is 9.84. The number of hydrogen-bond donors (Lipinski definition) is 2. The third kappa shape index (κ3) is 3.26. The van der Waals surface area contributed by atoms with Gasteiger partial charge >= 0.3 is 5.97 Å². The van der Waals surface area contributed by atoms with E-state index in [-0.39, 0.29) is 0 Å². The van der Waals surface area contributed by atoms with Crippen LogP contribution < -0.4 is 5.32 Å². The quantitative estimate of drug-likeness (QED) is 0.790. The number of hydrogen-bond acceptors (Lipinski definition) is 3. The average Bonchev–Trinajstić information content (AvgIpc) is 3.00. The van der Waals surface area contributed by atoms with Crippen molar-refractivity contribution in [2.24, 2.45) is 11.3 Å². The van der Waals surface area contributed by atoms with Crippen molar-refractivity contribution >= 4 is 5.97 Å². The molecule has 3 fully saturated rings. The van der Waals surface area contributed by atoms with E-state index >= 15 is 0 Å². The Morgan fingerprint density at radius 1 is 1.29 bits per heavy atom. The van der Waals surface area contributed by atoms with Gasteiger partial charge in [0, 0.05) is 12.6 Å². The summed E-state index contributed by atoms with van der Waals surface area (Å²) in [5.74, 6) is -0.307. The molecule has 2 saturated carbocycles. The number of likely N-dealkylation sites (tertiary alicyclic amines) is 1. The summed E-state index contributed by atoms with van der Waals surface area (Å²) >= 11 is 0. The third-order valence-electron chi connectivity index (χ3n) is 5.79. The molecule has 0 radical (unpaired) electrons. The smallest absolute Gasteiger partial charge is 0.324 e. The SMILES string of the molecule is CC1(C)CCN(CCC2CCCC2(NC2CC2)C(=O)O)C1. The molecule has 1 aliphatic heterocycles. The number of carboxylic acid groups (broad SMARTS) is 1. The molecule has 2 N–H and O–H groups in total. The van der Waals surface area contributed by atoms with Crippen LogP contribution in [0.25, 0.3) is 0 Å². The fourth-order valence-electron chi connectivity index (χ4n) is 4.35. The number of rotatable bonds is 6. The van der Waals surface area contributed by atoms with Crippen LogP contribution in [0.3, 0.4) is 0 Å². The van der Waals surface area contributed by atoms with E-state index in [9.17, 15) is 9.90 Å². The number of nitrogens with one attached hydrogen (secondary N) is 1.